The number of carbonyl (C=O) groups is 2. The van der Waals surface area contributed by atoms with Gasteiger partial charge >= 0.3 is 11.9 Å². The van der Waals surface area contributed by atoms with Gasteiger partial charge in [-0.05, 0) is 157 Å². The van der Waals surface area contributed by atoms with E-state index in [1.807, 2.05) is 7.11 Å². The number of phenolic OH excluding ortho intramolecular Hbond substituents is 1. The molecular weight excluding hydrogens is 821 g/mol. The molecule has 0 amide bonds. The van der Waals surface area contributed by atoms with E-state index >= 15 is 0 Å². The molecule has 4 saturated carbocycles. The highest BCUT2D eigenvalue weighted by Gasteiger charge is 2.63. The number of aliphatic hydroxyl groups excluding tert-OH is 2. The quantitative estimate of drug-likeness (QED) is 0.0471. The summed E-state index contributed by atoms with van der Waals surface area (Å²) in [6.07, 6.45) is 19.7. The number of ether oxygens (including phenoxy) is 5. The number of esters is 2. The summed E-state index contributed by atoms with van der Waals surface area (Å²) in [6, 6.07) is 9.67. The summed E-state index contributed by atoms with van der Waals surface area (Å²) in [6.45, 7) is 17.2. The standard InChI is InChI=1S/C55H74O10/c1-51(2)45-23-26-53(5)33-36-15-21-44-52(3,4)48(25-27-54(44,6)39(36)18-22-46(53)55(45,7)28-24-47(51)63-10)65-50(60)32-49(59)64-41-20-14-35(30-43(41)62-9)12-17-38(57)31-37(56)16-11-34-13-19-40(58)42(29-34)61-8/h11-17,19-20,29-31,38-39,44-48,56-58H,18,21-28,32-33H2,1-10H3/b16-11+,17-12+,37-31-/t38?,39-,44-,45-,46+,47-,48-,53+,54+,55-/m1/s1. The van der Waals surface area contributed by atoms with Gasteiger partial charge in [0.2, 0.25) is 0 Å². The van der Waals surface area contributed by atoms with Crippen molar-refractivity contribution in [2.75, 3.05) is 21.3 Å². The van der Waals surface area contributed by atoms with Crippen molar-refractivity contribution in [1.82, 2.24) is 0 Å². The summed E-state index contributed by atoms with van der Waals surface area (Å²) in [4.78, 5) is 26.6. The Hall–Kier alpha value is -4.54. The molecule has 7 rings (SSSR count). The number of fused-ring (bicyclic) bond motifs is 6. The number of rotatable bonds is 12. The second kappa shape index (κ2) is 18.6. The van der Waals surface area contributed by atoms with Crippen LogP contribution in [0.4, 0.5) is 0 Å². The van der Waals surface area contributed by atoms with Gasteiger partial charge in [0.05, 0.1) is 26.4 Å². The van der Waals surface area contributed by atoms with Crippen LogP contribution < -0.4 is 14.2 Å². The molecule has 4 fully saturated rings. The lowest BCUT2D eigenvalue weighted by Gasteiger charge is -2.64. The number of aromatic hydroxyl groups is 1. The van der Waals surface area contributed by atoms with Gasteiger partial charge in [-0.3, -0.25) is 9.59 Å². The van der Waals surface area contributed by atoms with E-state index in [2.05, 4.69) is 54.5 Å². The van der Waals surface area contributed by atoms with E-state index in [1.54, 1.807) is 48.1 Å². The first kappa shape index (κ1) is 48.4. The Morgan fingerprint density at radius 1 is 0.738 bits per heavy atom. The molecule has 10 atom stereocenters. The summed E-state index contributed by atoms with van der Waals surface area (Å²) in [5.74, 6) is 1.44. The van der Waals surface area contributed by atoms with Crippen molar-refractivity contribution in [2.45, 2.75) is 137 Å². The Morgan fingerprint density at radius 2 is 1.40 bits per heavy atom. The van der Waals surface area contributed by atoms with Crippen molar-refractivity contribution in [3.05, 3.63) is 83.2 Å². The maximum absolute atomic E-state index is 13.5. The van der Waals surface area contributed by atoms with Crippen molar-refractivity contribution < 1.29 is 48.6 Å². The average molecular weight is 895 g/mol. The maximum atomic E-state index is 13.5. The SMILES string of the molecule is COc1cc(/C=C/C(O)=C/C(O)/C=C/c2ccc(OC(=O)CC(=O)O[C@@H]3CC[C@@]4(C)[C@@H]5CC[C@H]6[C@@](C)(CC[C@@H]7C(C)(C)[C@H](OC)CC[C@]76C)CC5=CC[C@@H]4C3(C)C)c(OC)c2)ccc1O. The summed E-state index contributed by atoms with van der Waals surface area (Å²) in [7, 11) is 4.81. The maximum Gasteiger partial charge on any atom is 0.322 e. The van der Waals surface area contributed by atoms with E-state index in [0.29, 0.717) is 57.5 Å². The second-order valence-corrected chi connectivity index (χ2v) is 21.9. The highest BCUT2D eigenvalue weighted by molar-refractivity contribution is 5.92. The third kappa shape index (κ3) is 9.41. The number of allylic oxidation sites excluding steroid dienone is 3. The molecule has 5 aliphatic carbocycles. The zero-order valence-electron chi connectivity index (χ0n) is 40.4. The highest BCUT2D eigenvalue weighted by atomic mass is 16.6. The van der Waals surface area contributed by atoms with Crippen LogP contribution in [0.3, 0.4) is 0 Å². The number of aliphatic hydroxyl groups is 2. The zero-order chi connectivity index (χ0) is 47.1. The van der Waals surface area contributed by atoms with E-state index < -0.39 is 24.5 Å². The number of phenols is 1. The van der Waals surface area contributed by atoms with Gasteiger partial charge in [-0.25, -0.2) is 0 Å². The summed E-state index contributed by atoms with van der Waals surface area (Å²) in [5.41, 5.74) is 3.59. The lowest BCUT2D eigenvalue weighted by Crippen LogP contribution is -2.58. The number of hydrogen-bond donors (Lipinski definition) is 3. The van der Waals surface area contributed by atoms with Crippen LogP contribution in [0, 0.1) is 50.7 Å². The minimum absolute atomic E-state index is 0.00722. The molecule has 0 aromatic heterocycles. The molecule has 10 nitrogen and oxygen atoms in total. The van der Waals surface area contributed by atoms with Gasteiger partial charge in [0.1, 0.15) is 18.3 Å². The number of benzene rings is 2. The third-order valence-electron chi connectivity index (χ3n) is 17.5. The predicted molar refractivity (Wildman–Crippen MR) is 253 cm³/mol. The van der Waals surface area contributed by atoms with Crippen LogP contribution in [-0.2, 0) is 19.1 Å². The first-order valence-corrected chi connectivity index (χ1v) is 23.8. The van der Waals surface area contributed by atoms with Crippen LogP contribution in [0.1, 0.15) is 130 Å². The fourth-order valence-electron chi connectivity index (χ4n) is 14.4. The van der Waals surface area contributed by atoms with Gasteiger partial charge in [-0.15, -0.1) is 0 Å². The normalized spacial score (nSPS) is 33.3. The van der Waals surface area contributed by atoms with Gasteiger partial charge in [-0.1, -0.05) is 90.5 Å². The molecule has 10 heteroatoms. The van der Waals surface area contributed by atoms with E-state index in [9.17, 15) is 24.9 Å². The molecule has 5 aliphatic rings. The lowest BCUT2D eigenvalue weighted by molar-refractivity contribution is -0.178. The van der Waals surface area contributed by atoms with E-state index in [0.717, 1.165) is 25.7 Å². The van der Waals surface area contributed by atoms with Crippen LogP contribution >= 0.6 is 0 Å². The van der Waals surface area contributed by atoms with Crippen molar-refractivity contribution in [1.29, 1.82) is 0 Å². The fourth-order valence-corrected chi connectivity index (χ4v) is 14.4. The minimum Gasteiger partial charge on any atom is -0.508 e. The molecule has 354 valence electrons. The number of methoxy groups -OCH3 is 3. The molecule has 0 spiro atoms. The first-order valence-electron chi connectivity index (χ1n) is 23.8. The second-order valence-electron chi connectivity index (χ2n) is 21.9. The Morgan fingerprint density at radius 3 is 2.12 bits per heavy atom. The van der Waals surface area contributed by atoms with Crippen molar-refractivity contribution in [3.63, 3.8) is 0 Å². The molecule has 65 heavy (non-hydrogen) atoms. The van der Waals surface area contributed by atoms with Gasteiger partial charge in [0.15, 0.2) is 23.0 Å². The van der Waals surface area contributed by atoms with Crippen LogP contribution in [-0.4, -0.2) is 66.9 Å². The summed E-state index contributed by atoms with van der Waals surface area (Å²) < 4.78 is 28.5. The van der Waals surface area contributed by atoms with Crippen LogP contribution in [0.25, 0.3) is 12.2 Å². The molecule has 2 aromatic carbocycles. The van der Waals surface area contributed by atoms with Gasteiger partial charge in [0.25, 0.3) is 0 Å². The van der Waals surface area contributed by atoms with Gasteiger partial charge in [0, 0.05) is 12.5 Å². The molecule has 0 saturated heterocycles. The lowest BCUT2D eigenvalue weighted by atomic mass is 9.42. The molecule has 0 heterocycles. The van der Waals surface area contributed by atoms with Crippen molar-refractivity contribution in [3.8, 4) is 23.0 Å². The Labute approximate surface area is 387 Å². The first-order chi connectivity index (χ1) is 30.7. The Balaban J connectivity index is 0.945. The van der Waals surface area contributed by atoms with Gasteiger partial charge < -0.3 is 39.0 Å². The fraction of sp³-hybridized carbons (Fsp3) is 0.600. The van der Waals surface area contributed by atoms with E-state index in [4.69, 9.17) is 23.7 Å². The van der Waals surface area contributed by atoms with E-state index in [1.165, 1.54) is 77.0 Å². The van der Waals surface area contributed by atoms with Crippen LogP contribution in [0.2, 0.25) is 0 Å². The summed E-state index contributed by atoms with van der Waals surface area (Å²) >= 11 is 0. The monoisotopic (exact) mass is 895 g/mol. The molecule has 1 unspecified atom stereocenters. The number of hydrogen-bond acceptors (Lipinski definition) is 10. The molecule has 0 radical (unpaired) electrons. The molecule has 3 N–H and O–H groups in total. The highest BCUT2D eigenvalue weighted by Crippen LogP contribution is 2.70. The zero-order valence-corrected chi connectivity index (χ0v) is 40.4. The largest absolute Gasteiger partial charge is 0.508 e. The molecule has 2 aromatic rings. The predicted octanol–water partition coefficient (Wildman–Crippen LogP) is 11.6. The van der Waals surface area contributed by atoms with E-state index in [-0.39, 0.29) is 45.4 Å². The molecular formula is C55H74O10. The smallest absolute Gasteiger partial charge is 0.322 e. The Kier molecular flexibility index (Phi) is 13.9. The third-order valence-corrected chi connectivity index (χ3v) is 17.5. The van der Waals surface area contributed by atoms with Gasteiger partial charge in [-0.2, -0.15) is 0 Å². The average Bonchev–Trinajstić information content (AvgIpc) is 3.41. The van der Waals surface area contributed by atoms with Crippen LogP contribution in [0.5, 0.6) is 23.0 Å². The number of carbonyl (C=O) groups excluding carboxylic acids is 2. The molecule has 0 aliphatic heterocycles. The minimum atomic E-state index is -1.12. The van der Waals surface area contributed by atoms with Crippen molar-refractivity contribution >= 4 is 24.1 Å². The Bertz CT molecular complexity index is 2220. The van der Waals surface area contributed by atoms with Crippen molar-refractivity contribution in [2.24, 2.45) is 50.7 Å². The summed E-state index contributed by atoms with van der Waals surface area (Å²) in [5, 5.41) is 30.6. The topological polar surface area (TPSA) is 141 Å². The van der Waals surface area contributed by atoms with Crippen LogP contribution in [0.15, 0.2) is 72.0 Å². The molecule has 0 bridgehead atoms.